The van der Waals surface area contributed by atoms with Crippen LogP contribution < -0.4 is 19.5 Å². The van der Waals surface area contributed by atoms with Gasteiger partial charge in [-0.1, -0.05) is 0 Å². The molecule has 1 N–H and O–H groups in total. The van der Waals surface area contributed by atoms with Crippen molar-refractivity contribution in [3.63, 3.8) is 0 Å². The van der Waals surface area contributed by atoms with Gasteiger partial charge in [-0.3, -0.25) is 9.48 Å². The molecule has 3 aromatic rings. The maximum Gasteiger partial charge on any atom is 0.287 e. The summed E-state index contributed by atoms with van der Waals surface area (Å²) in [6.45, 7) is 0.671. The van der Waals surface area contributed by atoms with Crippen LogP contribution in [0.25, 0.3) is 0 Å². The van der Waals surface area contributed by atoms with E-state index in [4.69, 9.17) is 18.6 Å². The predicted molar refractivity (Wildman–Crippen MR) is 97.3 cm³/mol. The molecule has 0 atom stereocenters. The van der Waals surface area contributed by atoms with E-state index in [-0.39, 0.29) is 18.2 Å². The molecule has 0 bridgehead atoms. The third kappa shape index (κ3) is 4.22. The van der Waals surface area contributed by atoms with Crippen molar-refractivity contribution in [1.82, 2.24) is 15.1 Å². The monoisotopic (exact) mass is 371 g/mol. The lowest BCUT2D eigenvalue weighted by Gasteiger charge is -2.15. The number of amides is 1. The number of nitrogens with zero attached hydrogens (tertiary/aromatic N) is 2. The van der Waals surface area contributed by atoms with Crippen molar-refractivity contribution in [1.29, 1.82) is 0 Å². The summed E-state index contributed by atoms with van der Waals surface area (Å²) in [5.74, 6) is 2.26. The molecule has 0 unspecified atom stereocenters. The molecule has 2 heterocycles. The summed E-state index contributed by atoms with van der Waals surface area (Å²) >= 11 is 0. The smallest absolute Gasteiger partial charge is 0.287 e. The Bertz CT molecular complexity index is 877. The molecule has 0 fully saturated rings. The molecule has 0 spiro atoms. The minimum atomic E-state index is -0.332. The van der Waals surface area contributed by atoms with Gasteiger partial charge in [-0.2, -0.15) is 5.10 Å². The van der Waals surface area contributed by atoms with E-state index < -0.39 is 0 Å². The number of hydrogen-bond acceptors (Lipinski definition) is 6. The third-order valence-corrected chi connectivity index (χ3v) is 4.01. The fourth-order valence-electron chi connectivity index (χ4n) is 2.65. The van der Waals surface area contributed by atoms with Crippen LogP contribution in [0.4, 0.5) is 0 Å². The summed E-state index contributed by atoms with van der Waals surface area (Å²) in [5.41, 5.74) is 0.706. The van der Waals surface area contributed by atoms with Gasteiger partial charge >= 0.3 is 0 Å². The number of nitrogens with one attached hydrogen (secondary N) is 1. The highest BCUT2D eigenvalue weighted by Gasteiger charge is 2.16. The molecule has 1 aromatic carbocycles. The Morgan fingerprint density at radius 3 is 2.48 bits per heavy atom. The molecule has 3 rings (SSSR count). The van der Waals surface area contributed by atoms with E-state index in [2.05, 4.69) is 10.4 Å². The van der Waals surface area contributed by atoms with Crippen molar-refractivity contribution in [2.24, 2.45) is 0 Å². The highest BCUT2D eigenvalue weighted by atomic mass is 16.5. The first-order valence-corrected chi connectivity index (χ1v) is 8.27. The first-order valence-electron chi connectivity index (χ1n) is 8.27. The molecule has 0 saturated carbocycles. The minimum Gasteiger partial charge on any atom is -0.496 e. The molecule has 8 nitrogen and oxygen atoms in total. The number of furan rings is 1. The van der Waals surface area contributed by atoms with Crippen LogP contribution in [0.3, 0.4) is 0 Å². The Balaban J connectivity index is 1.69. The van der Waals surface area contributed by atoms with Gasteiger partial charge in [-0.05, 0) is 18.2 Å². The van der Waals surface area contributed by atoms with Crippen LogP contribution in [0.5, 0.6) is 17.2 Å². The highest BCUT2D eigenvalue weighted by Crippen LogP contribution is 2.33. The number of aromatic nitrogens is 2. The average molecular weight is 371 g/mol. The zero-order valence-corrected chi connectivity index (χ0v) is 15.4. The summed E-state index contributed by atoms with van der Waals surface area (Å²) < 4.78 is 23.3. The number of methoxy groups -OCH3 is 3. The third-order valence-electron chi connectivity index (χ3n) is 4.01. The van der Waals surface area contributed by atoms with Gasteiger partial charge in [0.1, 0.15) is 23.0 Å². The standard InChI is InChI=1S/C19H21N3O5/c1-24-14-9-17(25-2)15(18(10-14)26-3)11-20-19(23)16-6-5-13(27-16)12-22-8-4-7-21-22/h4-10H,11-12H2,1-3H3,(H,20,23). The second-order valence-corrected chi connectivity index (χ2v) is 5.66. The quantitative estimate of drug-likeness (QED) is 0.655. The van der Waals surface area contributed by atoms with Crippen LogP contribution in [-0.4, -0.2) is 37.0 Å². The van der Waals surface area contributed by atoms with E-state index in [0.717, 1.165) is 0 Å². The van der Waals surface area contributed by atoms with E-state index >= 15 is 0 Å². The SMILES string of the molecule is COc1cc(OC)c(CNC(=O)c2ccc(Cn3cccn3)o2)c(OC)c1. The second-order valence-electron chi connectivity index (χ2n) is 5.66. The Hall–Kier alpha value is -3.42. The molecule has 0 radical (unpaired) electrons. The van der Waals surface area contributed by atoms with Gasteiger partial charge in [-0.25, -0.2) is 0 Å². The molecule has 0 aliphatic heterocycles. The van der Waals surface area contributed by atoms with E-state index in [9.17, 15) is 4.79 Å². The van der Waals surface area contributed by atoms with Crippen LogP contribution in [0, 0.1) is 0 Å². The number of benzene rings is 1. The van der Waals surface area contributed by atoms with Gasteiger partial charge in [0, 0.05) is 24.5 Å². The van der Waals surface area contributed by atoms with Crippen LogP contribution in [0.1, 0.15) is 21.9 Å². The van der Waals surface area contributed by atoms with Crippen LogP contribution >= 0.6 is 0 Å². The van der Waals surface area contributed by atoms with Crippen molar-refractivity contribution >= 4 is 5.91 Å². The second kappa shape index (κ2) is 8.31. The van der Waals surface area contributed by atoms with Crippen molar-refractivity contribution < 1.29 is 23.4 Å². The molecule has 0 saturated heterocycles. The number of carbonyl (C=O) groups is 1. The van der Waals surface area contributed by atoms with Crippen molar-refractivity contribution in [3.8, 4) is 17.2 Å². The molecule has 0 aliphatic carbocycles. The van der Waals surface area contributed by atoms with E-state index in [1.165, 1.54) is 0 Å². The topological polar surface area (TPSA) is 87.8 Å². The lowest BCUT2D eigenvalue weighted by atomic mass is 10.1. The molecule has 8 heteroatoms. The van der Waals surface area contributed by atoms with E-state index in [0.29, 0.717) is 35.1 Å². The fraction of sp³-hybridized carbons (Fsp3) is 0.263. The first kappa shape index (κ1) is 18.4. The summed E-state index contributed by atoms with van der Waals surface area (Å²) in [5, 5.41) is 6.93. The van der Waals surface area contributed by atoms with Crippen LogP contribution in [0.15, 0.2) is 47.1 Å². The summed E-state index contributed by atoms with van der Waals surface area (Å²) in [6, 6.07) is 8.69. The number of carbonyl (C=O) groups excluding carboxylic acids is 1. The number of rotatable bonds is 8. The van der Waals surface area contributed by atoms with Gasteiger partial charge in [0.05, 0.1) is 40.0 Å². The van der Waals surface area contributed by atoms with Crippen LogP contribution in [0.2, 0.25) is 0 Å². The summed E-state index contributed by atoms with van der Waals surface area (Å²) in [6.07, 6.45) is 3.51. The fourth-order valence-corrected chi connectivity index (χ4v) is 2.65. The zero-order chi connectivity index (χ0) is 19.2. The maximum absolute atomic E-state index is 12.4. The maximum atomic E-state index is 12.4. The predicted octanol–water partition coefficient (Wildman–Crippen LogP) is 2.48. The molecular weight excluding hydrogens is 350 g/mol. The van der Waals surface area contributed by atoms with Crippen LogP contribution in [-0.2, 0) is 13.1 Å². The number of ether oxygens (including phenoxy) is 3. The lowest BCUT2D eigenvalue weighted by molar-refractivity contribution is 0.0920. The average Bonchev–Trinajstić information content (AvgIpc) is 3.37. The summed E-state index contributed by atoms with van der Waals surface area (Å²) in [4.78, 5) is 12.4. The Morgan fingerprint density at radius 1 is 1.15 bits per heavy atom. The molecule has 2 aromatic heterocycles. The van der Waals surface area contributed by atoms with Gasteiger partial charge in [0.15, 0.2) is 5.76 Å². The van der Waals surface area contributed by atoms with Crippen molar-refractivity contribution in [2.45, 2.75) is 13.1 Å². The van der Waals surface area contributed by atoms with Crippen molar-refractivity contribution in [2.75, 3.05) is 21.3 Å². The Morgan fingerprint density at radius 2 is 1.89 bits per heavy atom. The zero-order valence-electron chi connectivity index (χ0n) is 15.4. The van der Waals surface area contributed by atoms with Gasteiger partial charge in [0.25, 0.3) is 5.91 Å². The molecule has 1 amide bonds. The molecule has 27 heavy (non-hydrogen) atoms. The minimum absolute atomic E-state index is 0.213. The lowest BCUT2D eigenvalue weighted by Crippen LogP contribution is -2.23. The Kier molecular flexibility index (Phi) is 5.65. The van der Waals surface area contributed by atoms with E-state index in [1.807, 2.05) is 12.3 Å². The normalized spacial score (nSPS) is 10.5. The summed E-state index contributed by atoms with van der Waals surface area (Å²) in [7, 11) is 4.66. The highest BCUT2D eigenvalue weighted by molar-refractivity contribution is 5.91. The molecule has 0 aliphatic rings. The molecule has 142 valence electrons. The largest absolute Gasteiger partial charge is 0.496 e. The Labute approximate surface area is 156 Å². The van der Waals surface area contributed by atoms with Gasteiger partial charge in [0.2, 0.25) is 0 Å². The van der Waals surface area contributed by atoms with E-state index in [1.54, 1.807) is 56.5 Å². The first-order chi connectivity index (χ1) is 13.1. The van der Waals surface area contributed by atoms with Gasteiger partial charge in [-0.15, -0.1) is 0 Å². The van der Waals surface area contributed by atoms with Crippen molar-refractivity contribution in [3.05, 3.63) is 59.8 Å². The molecular formula is C19H21N3O5. The van der Waals surface area contributed by atoms with Gasteiger partial charge < -0.3 is 23.9 Å². The number of hydrogen-bond donors (Lipinski definition) is 1.